The molecule has 94 valence electrons. The molecular weight excluding hydrogens is 214 g/mol. The van der Waals surface area contributed by atoms with Crippen molar-refractivity contribution in [2.45, 2.75) is 25.9 Å². The average Bonchev–Trinajstić information content (AvgIpc) is 2.25. The lowest BCUT2D eigenvalue weighted by Gasteiger charge is -2.25. The molecule has 0 unspecified atom stereocenters. The van der Waals surface area contributed by atoms with Gasteiger partial charge >= 0.3 is 0 Å². The Morgan fingerprint density at radius 1 is 1.29 bits per heavy atom. The van der Waals surface area contributed by atoms with Gasteiger partial charge in [0.05, 0.1) is 5.60 Å². The van der Waals surface area contributed by atoms with Crippen LogP contribution in [0.3, 0.4) is 0 Å². The molecule has 0 saturated carbocycles. The highest BCUT2D eigenvalue weighted by Crippen LogP contribution is 2.06. The number of ketones is 1. The van der Waals surface area contributed by atoms with Gasteiger partial charge in [-0.15, -0.1) is 0 Å². The van der Waals surface area contributed by atoms with Gasteiger partial charge in [0.1, 0.15) is 0 Å². The first kappa shape index (κ1) is 13.9. The second-order valence-electron chi connectivity index (χ2n) is 5.09. The van der Waals surface area contributed by atoms with Crippen molar-refractivity contribution in [2.75, 3.05) is 20.1 Å². The van der Waals surface area contributed by atoms with Crippen LogP contribution in [-0.2, 0) is 0 Å². The predicted octanol–water partition coefficient (Wildman–Crippen LogP) is 1.96. The number of nitrogens with zero attached hydrogens (tertiary/aromatic N) is 1. The van der Waals surface area contributed by atoms with E-state index in [0.717, 1.165) is 5.56 Å². The Bertz CT molecular complexity index is 354. The molecule has 0 aliphatic rings. The molecule has 0 saturated heterocycles. The molecule has 0 spiro atoms. The summed E-state index contributed by atoms with van der Waals surface area (Å²) in [7, 11) is 1.91. The summed E-state index contributed by atoms with van der Waals surface area (Å²) in [4.78, 5) is 13.8. The summed E-state index contributed by atoms with van der Waals surface area (Å²) in [6.45, 7) is 4.76. The van der Waals surface area contributed by atoms with Gasteiger partial charge < -0.3 is 10.0 Å². The highest BCUT2D eigenvalue weighted by atomic mass is 16.3. The standard InChI is InChI=1S/C14H21NO2/c1-14(2,17)11-15(3)10-9-13(16)12-7-5-4-6-8-12/h4-8,17H,9-11H2,1-3H3. The molecule has 1 aromatic carbocycles. The van der Waals surface area contributed by atoms with E-state index in [0.29, 0.717) is 19.5 Å². The lowest BCUT2D eigenvalue weighted by atomic mass is 10.1. The minimum absolute atomic E-state index is 0.146. The maximum Gasteiger partial charge on any atom is 0.164 e. The molecule has 1 N–H and O–H groups in total. The van der Waals surface area contributed by atoms with Gasteiger partial charge in [-0.1, -0.05) is 30.3 Å². The molecule has 0 radical (unpaired) electrons. The molecule has 0 aromatic heterocycles. The van der Waals surface area contributed by atoms with Gasteiger partial charge in [0.25, 0.3) is 0 Å². The summed E-state index contributed by atoms with van der Waals surface area (Å²) in [6.07, 6.45) is 0.483. The van der Waals surface area contributed by atoms with E-state index in [4.69, 9.17) is 0 Å². The zero-order chi connectivity index (χ0) is 12.9. The smallest absolute Gasteiger partial charge is 0.164 e. The van der Waals surface area contributed by atoms with E-state index in [2.05, 4.69) is 0 Å². The first-order valence-electron chi connectivity index (χ1n) is 5.88. The topological polar surface area (TPSA) is 40.5 Å². The molecule has 3 nitrogen and oxygen atoms in total. The number of carbonyl (C=O) groups is 1. The Kier molecular flexibility index (Phi) is 4.85. The summed E-state index contributed by atoms with van der Waals surface area (Å²) >= 11 is 0. The molecule has 17 heavy (non-hydrogen) atoms. The highest BCUT2D eigenvalue weighted by Gasteiger charge is 2.16. The summed E-state index contributed by atoms with van der Waals surface area (Å²) in [5.74, 6) is 0.146. The Morgan fingerprint density at radius 3 is 2.41 bits per heavy atom. The predicted molar refractivity (Wildman–Crippen MR) is 69.2 cm³/mol. The van der Waals surface area contributed by atoms with E-state index in [9.17, 15) is 9.90 Å². The van der Waals surface area contributed by atoms with Crippen LogP contribution >= 0.6 is 0 Å². The van der Waals surface area contributed by atoms with E-state index in [1.54, 1.807) is 13.8 Å². The molecule has 0 fully saturated rings. The fraction of sp³-hybridized carbons (Fsp3) is 0.500. The number of benzene rings is 1. The molecular formula is C14H21NO2. The fourth-order valence-corrected chi connectivity index (χ4v) is 1.80. The fourth-order valence-electron chi connectivity index (χ4n) is 1.80. The van der Waals surface area contributed by atoms with E-state index in [-0.39, 0.29) is 5.78 Å². The quantitative estimate of drug-likeness (QED) is 0.766. The summed E-state index contributed by atoms with van der Waals surface area (Å²) in [5, 5.41) is 9.64. The van der Waals surface area contributed by atoms with Gasteiger partial charge in [0.2, 0.25) is 0 Å². The molecule has 0 aliphatic heterocycles. The van der Waals surface area contributed by atoms with Crippen molar-refractivity contribution in [1.82, 2.24) is 4.90 Å². The van der Waals surface area contributed by atoms with Gasteiger partial charge in [0, 0.05) is 25.1 Å². The first-order valence-corrected chi connectivity index (χ1v) is 5.88. The van der Waals surface area contributed by atoms with E-state index >= 15 is 0 Å². The largest absolute Gasteiger partial charge is 0.389 e. The SMILES string of the molecule is CN(CCC(=O)c1ccccc1)CC(C)(C)O. The van der Waals surface area contributed by atoms with Crippen molar-refractivity contribution in [3.63, 3.8) is 0 Å². The Balaban J connectivity index is 2.39. The number of carbonyl (C=O) groups excluding carboxylic acids is 1. The van der Waals surface area contributed by atoms with Gasteiger partial charge in [-0.3, -0.25) is 4.79 Å². The highest BCUT2D eigenvalue weighted by molar-refractivity contribution is 5.96. The molecule has 0 heterocycles. The summed E-state index contributed by atoms with van der Waals surface area (Å²) in [6, 6.07) is 9.30. The molecule has 0 aliphatic carbocycles. The van der Waals surface area contributed by atoms with E-state index in [1.165, 1.54) is 0 Å². The number of hydrogen-bond acceptors (Lipinski definition) is 3. The van der Waals surface area contributed by atoms with Crippen molar-refractivity contribution < 1.29 is 9.90 Å². The monoisotopic (exact) mass is 235 g/mol. The van der Waals surface area contributed by atoms with Crippen molar-refractivity contribution in [3.8, 4) is 0 Å². The van der Waals surface area contributed by atoms with Crippen LogP contribution < -0.4 is 0 Å². The Morgan fingerprint density at radius 2 is 1.88 bits per heavy atom. The van der Waals surface area contributed by atoms with Crippen LogP contribution in [-0.4, -0.2) is 41.5 Å². The van der Waals surface area contributed by atoms with Crippen LogP contribution in [0.2, 0.25) is 0 Å². The van der Waals surface area contributed by atoms with Crippen molar-refractivity contribution >= 4 is 5.78 Å². The summed E-state index contributed by atoms with van der Waals surface area (Å²) in [5.41, 5.74) is 0.0361. The molecule has 0 bridgehead atoms. The maximum atomic E-state index is 11.8. The lowest BCUT2D eigenvalue weighted by Crippen LogP contribution is -2.37. The lowest BCUT2D eigenvalue weighted by molar-refractivity contribution is 0.0437. The normalized spacial score (nSPS) is 11.8. The Hall–Kier alpha value is -1.19. The molecule has 1 rings (SSSR count). The molecule has 0 atom stereocenters. The van der Waals surface area contributed by atoms with Crippen molar-refractivity contribution in [3.05, 3.63) is 35.9 Å². The van der Waals surface area contributed by atoms with E-state index < -0.39 is 5.60 Å². The van der Waals surface area contributed by atoms with Gasteiger partial charge in [-0.25, -0.2) is 0 Å². The van der Waals surface area contributed by atoms with Gasteiger partial charge in [-0.2, -0.15) is 0 Å². The van der Waals surface area contributed by atoms with Crippen LogP contribution in [0, 0.1) is 0 Å². The average molecular weight is 235 g/mol. The van der Waals surface area contributed by atoms with Gasteiger partial charge in [0.15, 0.2) is 5.78 Å². The number of Topliss-reactive ketones (excluding diaryl/α,β-unsaturated/α-hetero) is 1. The van der Waals surface area contributed by atoms with Crippen LogP contribution in [0.4, 0.5) is 0 Å². The number of hydrogen-bond donors (Lipinski definition) is 1. The molecule has 3 heteroatoms. The van der Waals surface area contributed by atoms with Crippen LogP contribution in [0.25, 0.3) is 0 Å². The number of rotatable bonds is 6. The third-order valence-electron chi connectivity index (χ3n) is 2.47. The van der Waals surface area contributed by atoms with E-state index in [1.807, 2.05) is 42.3 Å². The Labute approximate surface area is 103 Å². The maximum absolute atomic E-state index is 11.8. The van der Waals surface area contributed by atoms with Crippen LogP contribution in [0.1, 0.15) is 30.6 Å². The first-order chi connectivity index (χ1) is 7.88. The molecule has 0 amide bonds. The number of likely N-dealkylation sites (N-methyl/N-ethyl adjacent to an activating group) is 1. The van der Waals surface area contributed by atoms with Crippen LogP contribution in [0.15, 0.2) is 30.3 Å². The third-order valence-corrected chi connectivity index (χ3v) is 2.47. The third kappa shape index (κ3) is 5.61. The van der Waals surface area contributed by atoms with Crippen molar-refractivity contribution in [1.29, 1.82) is 0 Å². The zero-order valence-corrected chi connectivity index (χ0v) is 10.8. The van der Waals surface area contributed by atoms with Crippen molar-refractivity contribution in [2.24, 2.45) is 0 Å². The van der Waals surface area contributed by atoms with Gasteiger partial charge in [-0.05, 0) is 20.9 Å². The second-order valence-corrected chi connectivity index (χ2v) is 5.09. The minimum atomic E-state index is -0.718. The number of aliphatic hydroxyl groups is 1. The zero-order valence-electron chi connectivity index (χ0n) is 10.8. The summed E-state index contributed by atoms with van der Waals surface area (Å²) < 4.78 is 0. The minimum Gasteiger partial charge on any atom is -0.389 e. The van der Waals surface area contributed by atoms with Crippen LogP contribution in [0.5, 0.6) is 0 Å². The molecule has 1 aromatic rings. The second kappa shape index (κ2) is 5.94.